The van der Waals surface area contributed by atoms with Crippen molar-refractivity contribution in [2.75, 3.05) is 26.8 Å². The third kappa shape index (κ3) is 8.60. The fourth-order valence-electron chi connectivity index (χ4n) is 4.55. The minimum atomic E-state index is -1.27. The zero-order chi connectivity index (χ0) is 30.1. The summed E-state index contributed by atoms with van der Waals surface area (Å²) < 4.78 is 26.0. The highest BCUT2D eigenvalue weighted by Crippen LogP contribution is 2.37. The van der Waals surface area contributed by atoms with E-state index in [2.05, 4.69) is 5.32 Å². The Morgan fingerprint density at radius 1 is 1.24 bits per heavy atom. The van der Waals surface area contributed by atoms with Gasteiger partial charge in [-0.1, -0.05) is 17.7 Å². The molecule has 0 heterocycles. The third-order valence-corrected chi connectivity index (χ3v) is 7.28. The van der Waals surface area contributed by atoms with Crippen LogP contribution in [0.2, 0.25) is 0 Å². The lowest BCUT2D eigenvalue weighted by Gasteiger charge is -2.40. The molecule has 2 aromatic rings. The largest absolute Gasteiger partial charge is 0.493 e. The summed E-state index contributed by atoms with van der Waals surface area (Å²) in [5, 5.41) is 23.4. The van der Waals surface area contributed by atoms with Crippen LogP contribution in [0.4, 0.5) is 4.39 Å². The number of aldehydes is 1. The summed E-state index contributed by atoms with van der Waals surface area (Å²) in [6.07, 6.45) is 1.59. The van der Waals surface area contributed by atoms with Gasteiger partial charge in [-0.25, -0.2) is 4.39 Å². The molecular formula is C30H34FIN2O7. The Bertz CT molecular complexity index is 1330. The monoisotopic (exact) mass is 680 g/mol. The van der Waals surface area contributed by atoms with Crippen LogP contribution in [-0.2, 0) is 16.0 Å². The molecule has 1 aliphatic carbocycles. The fourth-order valence-corrected chi connectivity index (χ4v) is 5.30. The number of hydrogen-bond acceptors (Lipinski definition) is 7. The van der Waals surface area contributed by atoms with Gasteiger partial charge in [0.1, 0.15) is 24.3 Å². The molecule has 1 aliphatic rings. The average Bonchev–Trinajstić information content (AvgIpc) is 2.93. The number of carbonyl (C=O) groups excluding carboxylic acids is 3. The van der Waals surface area contributed by atoms with Crippen LogP contribution in [0.15, 0.2) is 59.7 Å². The number of ether oxygens (including phenoxy) is 2. The maximum absolute atomic E-state index is 13.8. The lowest BCUT2D eigenvalue weighted by atomic mass is 9.87. The third-order valence-electron chi connectivity index (χ3n) is 6.48. The first kappa shape index (κ1) is 32.2. The lowest BCUT2D eigenvalue weighted by molar-refractivity contribution is -0.133. The molecule has 0 aromatic heterocycles. The second kappa shape index (κ2) is 15.1. The van der Waals surface area contributed by atoms with Gasteiger partial charge in [0.05, 0.1) is 23.3 Å². The number of nitrogens with one attached hydrogen (secondary N) is 1. The van der Waals surface area contributed by atoms with Gasteiger partial charge < -0.3 is 29.9 Å². The predicted molar refractivity (Wildman–Crippen MR) is 159 cm³/mol. The van der Waals surface area contributed by atoms with Gasteiger partial charge in [0.15, 0.2) is 11.5 Å². The van der Waals surface area contributed by atoms with Crippen molar-refractivity contribution < 1.29 is 38.5 Å². The predicted octanol–water partition coefficient (Wildman–Crippen LogP) is 3.20. The van der Waals surface area contributed by atoms with E-state index in [1.807, 2.05) is 22.6 Å². The maximum atomic E-state index is 13.8. The molecule has 2 amide bonds. The number of allylic oxidation sites excluding steroid dienone is 1. The number of halogens is 2. The topological polar surface area (TPSA) is 125 Å². The van der Waals surface area contributed by atoms with Gasteiger partial charge in [0.2, 0.25) is 11.8 Å². The van der Waals surface area contributed by atoms with Crippen LogP contribution in [0.3, 0.4) is 0 Å². The van der Waals surface area contributed by atoms with Gasteiger partial charge in [0.25, 0.3) is 0 Å². The number of methoxy groups -OCH3 is 1. The molecular weight excluding hydrogens is 646 g/mol. The van der Waals surface area contributed by atoms with Crippen molar-refractivity contribution in [2.45, 2.75) is 44.9 Å². The Morgan fingerprint density at radius 3 is 2.63 bits per heavy atom. The highest BCUT2D eigenvalue weighted by molar-refractivity contribution is 14.1. The van der Waals surface area contributed by atoms with Crippen LogP contribution < -0.4 is 14.8 Å². The Balaban J connectivity index is 2.03. The molecule has 0 spiro atoms. The van der Waals surface area contributed by atoms with Gasteiger partial charge >= 0.3 is 0 Å². The van der Waals surface area contributed by atoms with Crippen molar-refractivity contribution in [1.82, 2.24) is 10.2 Å². The van der Waals surface area contributed by atoms with Crippen molar-refractivity contribution in [3.05, 3.63) is 80.2 Å². The first-order valence-corrected chi connectivity index (χ1v) is 14.1. The Kier molecular flexibility index (Phi) is 11.9. The molecule has 3 rings (SSSR count). The van der Waals surface area contributed by atoms with E-state index in [0.29, 0.717) is 27.4 Å². The zero-order valence-electron chi connectivity index (χ0n) is 23.1. The molecule has 0 radical (unpaired) electrons. The summed E-state index contributed by atoms with van der Waals surface area (Å²) >= 11 is 1.99. The van der Waals surface area contributed by atoms with E-state index in [4.69, 9.17) is 9.47 Å². The van der Waals surface area contributed by atoms with Gasteiger partial charge in [-0.05, 0) is 78.8 Å². The summed E-state index contributed by atoms with van der Waals surface area (Å²) in [6.45, 7) is 3.45. The van der Waals surface area contributed by atoms with Crippen LogP contribution in [-0.4, -0.2) is 78.3 Å². The molecule has 41 heavy (non-hydrogen) atoms. The van der Waals surface area contributed by atoms with E-state index in [0.717, 1.165) is 5.57 Å². The highest BCUT2D eigenvalue weighted by Gasteiger charge is 2.40. The molecule has 0 saturated carbocycles. The molecule has 0 fully saturated rings. The second-order valence-electron chi connectivity index (χ2n) is 9.80. The van der Waals surface area contributed by atoms with E-state index in [-0.39, 0.29) is 49.1 Å². The molecule has 0 saturated heterocycles. The van der Waals surface area contributed by atoms with Crippen molar-refractivity contribution in [1.29, 1.82) is 0 Å². The van der Waals surface area contributed by atoms with E-state index >= 15 is 0 Å². The zero-order valence-corrected chi connectivity index (χ0v) is 25.3. The quantitative estimate of drug-likeness (QED) is 0.179. The average molecular weight is 681 g/mol. The van der Waals surface area contributed by atoms with Crippen LogP contribution in [0.5, 0.6) is 11.5 Å². The lowest BCUT2D eigenvalue weighted by Crippen LogP contribution is -2.55. The maximum Gasteiger partial charge on any atom is 0.247 e. The van der Waals surface area contributed by atoms with Crippen molar-refractivity contribution >= 4 is 40.7 Å². The first-order chi connectivity index (χ1) is 19.6. The summed E-state index contributed by atoms with van der Waals surface area (Å²) in [7, 11) is 1.42. The van der Waals surface area contributed by atoms with Crippen LogP contribution in [0.25, 0.3) is 0 Å². The molecule has 2 aromatic carbocycles. The Morgan fingerprint density at radius 2 is 2.00 bits per heavy atom. The minimum absolute atomic E-state index is 0.0160. The van der Waals surface area contributed by atoms with E-state index < -0.39 is 30.0 Å². The smallest absolute Gasteiger partial charge is 0.247 e. The second-order valence-corrected chi connectivity index (χ2v) is 11.0. The Hall–Kier alpha value is -3.29. The van der Waals surface area contributed by atoms with Gasteiger partial charge in [-0.2, -0.15) is 0 Å². The number of aliphatic hydroxyl groups excluding tert-OH is 2. The van der Waals surface area contributed by atoms with Gasteiger partial charge in [-0.15, -0.1) is 0 Å². The standard InChI is InChI=1S/C30H34FIN2O7/c1-18(2)11-27(37)34(9-7-19-5-4-6-22(31)12-19)24-15-21(30(39)33-8-10-35)16-25(28(24)38)41-29-23(32)13-20(17-36)14-26(29)40-3/h4-6,11-14,16-17,24-25,28,35,38H,7-10,15H2,1-3H3,(H,33,39)/t24-,25+,28+/m1/s1. The summed E-state index contributed by atoms with van der Waals surface area (Å²) in [5.74, 6) is -0.718. The van der Waals surface area contributed by atoms with Gasteiger partial charge in [-0.3, -0.25) is 14.4 Å². The van der Waals surface area contributed by atoms with E-state index in [1.165, 1.54) is 42.4 Å². The number of amides is 2. The number of hydrogen-bond donors (Lipinski definition) is 3. The summed E-state index contributed by atoms with van der Waals surface area (Å²) in [5.41, 5.74) is 2.05. The highest BCUT2D eigenvalue weighted by atomic mass is 127. The van der Waals surface area contributed by atoms with Gasteiger partial charge in [0, 0.05) is 36.7 Å². The minimum Gasteiger partial charge on any atom is -0.493 e. The number of carbonyl (C=O) groups is 3. The molecule has 0 unspecified atom stereocenters. The van der Waals surface area contributed by atoms with Crippen molar-refractivity contribution in [3.63, 3.8) is 0 Å². The molecule has 220 valence electrons. The van der Waals surface area contributed by atoms with Crippen LogP contribution in [0, 0.1) is 9.39 Å². The molecule has 0 bridgehead atoms. The molecule has 11 heteroatoms. The molecule has 0 aliphatic heterocycles. The molecule has 9 nitrogen and oxygen atoms in total. The van der Waals surface area contributed by atoms with Crippen molar-refractivity contribution in [2.24, 2.45) is 0 Å². The summed E-state index contributed by atoms with van der Waals surface area (Å²) in [6, 6.07) is 8.28. The van der Waals surface area contributed by atoms with Crippen LogP contribution in [0.1, 0.15) is 36.2 Å². The normalized spacial score (nSPS) is 18.1. The molecule has 3 atom stereocenters. The van der Waals surface area contributed by atoms with E-state index in [1.54, 1.807) is 32.0 Å². The van der Waals surface area contributed by atoms with Crippen LogP contribution >= 0.6 is 22.6 Å². The fraction of sp³-hybridized carbons (Fsp3) is 0.367. The first-order valence-electron chi connectivity index (χ1n) is 13.0. The number of nitrogens with zero attached hydrogens (tertiary/aromatic N) is 1. The van der Waals surface area contributed by atoms with E-state index in [9.17, 15) is 29.0 Å². The number of benzene rings is 2. The number of rotatable bonds is 12. The molecule has 3 N–H and O–H groups in total. The number of aliphatic hydroxyl groups is 2. The Labute approximate surface area is 252 Å². The summed E-state index contributed by atoms with van der Waals surface area (Å²) in [4.78, 5) is 39.3. The SMILES string of the molecule is COc1cc(C=O)cc(I)c1O[C@H]1C=C(C(=O)NCCO)C[C@@H](N(CCc2cccc(F)c2)C(=O)C=C(C)C)[C@@H]1O. The van der Waals surface area contributed by atoms with Crippen molar-refractivity contribution in [3.8, 4) is 11.5 Å².